The lowest BCUT2D eigenvalue weighted by atomic mass is 10.3. The monoisotopic (exact) mass is 278 g/mol. The zero-order chi connectivity index (χ0) is 14.2. The molecule has 0 atom stereocenters. The molecule has 0 fully saturated rings. The molecule has 2 aromatic rings. The lowest BCUT2D eigenvalue weighted by Crippen LogP contribution is -2.14. The fraction of sp³-hybridized carbons (Fsp3) is 0.429. The first-order valence-electron chi connectivity index (χ1n) is 6.76. The standard InChI is InChI=1S/C14H19FN4O/c1-2-7-16-10-12-11-19(18-17-12)8-9-20-14-6-4-3-5-13(14)15/h3-6,11,16H,2,7-10H2,1H3. The highest BCUT2D eigenvalue weighted by Crippen LogP contribution is 2.15. The fourth-order valence-corrected chi connectivity index (χ4v) is 1.73. The second-order valence-corrected chi connectivity index (χ2v) is 4.43. The highest BCUT2D eigenvalue weighted by molar-refractivity contribution is 5.23. The first kappa shape index (κ1) is 14.5. The molecule has 108 valence electrons. The molecular formula is C14H19FN4O. The summed E-state index contributed by atoms with van der Waals surface area (Å²) in [7, 11) is 0. The van der Waals surface area contributed by atoms with Crippen LogP contribution < -0.4 is 10.1 Å². The average Bonchev–Trinajstić information content (AvgIpc) is 2.89. The van der Waals surface area contributed by atoms with Crippen LogP contribution in [0.4, 0.5) is 4.39 Å². The molecule has 5 nitrogen and oxygen atoms in total. The maximum absolute atomic E-state index is 13.3. The summed E-state index contributed by atoms with van der Waals surface area (Å²) in [4.78, 5) is 0. The summed E-state index contributed by atoms with van der Waals surface area (Å²) in [5.41, 5.74) is 0.893. The maximum atomic E-state index is 13.3. The van der Waals surface area contributed by atoms with Crippen molar-refractivity contribution in [3.63, 3.8) is 0 Å². The number of rotatable bonds is 8. The van der Waals surface area contributed by atoms with Crippen LogP contribution in [0.1, 0.15) is 19.0 Å². The number of hydrogen-bond acceptors (Lipinski definition) is 4. The molecule has 0 saturated carbocycles. The molecule has 0 radical (unpaired) electrons. The second kappa shape index (κ2) is 7.59. The lowest BCUT2D eigenvalue weighted by Gasteiger charge is -2.06. The molecule has 0 amide bonds. The number of ether oxygens (including phenoxy) is 1. The third kappa shape index (κ3) is 4.31. The van der Waals surface area contributed by atoms with Crippen LogP contribution in [-0.2, 0) is 13.1 Å². The highest BCUT2D eigenvalue weighted by atomic mass is 19.1. The normalized spacial score (nSPS) is 10.7. The zero-order valence-electron chi connectivity index (χ0n) is 11.6. The van der Waals surface area contributed by atoms with Gasteiger partial charge in [0.25, 0.3) is 0 Å². The fourth-order valence-electron chi connectivity index (χ4n) is 1.73. The topological polar surface area (TPSA) is 52.0 Å². The van der Waals surface area contributed by atoms with Crippen LogP contribution in [0.2, 0.25) is 0 Å². The van der Waals surface area contributed by atoms with Gasteiger partial charge in [0.2, 0.25) is 0 Å². The molecule has 1 aromatic heterocycles. The van der Waals surface area contributed by atoms with E-state index in [9.17, 15) is 4.39 Å². The summed E-state index contributed by atoms with van der Waals surface area (Å²) < 4.78 is 20.4. The number of halogens is 1. The number of nitrogens with one attached hydrogen (secondary N) is 1. The molecule has 0 saturated heterocycles. The Kier molecular flexibility index (Phi) is 5.49. The van der Waals surface area contributed by atoms with E-state index in [1.54, 1.807) is 22.9 Å². The number of nitrogens with zero attached hydrogens (tertiary/aromatic N) is 3. The Labute approximate surface area is 117 Å². The minimum atomic E-state index is -0.351. The van der Waals surface area contributed by atoms with Crippen molar-refractivity contribution in [1.82, 2.24) is 20.3 Å². The Morgan fingerprint density at radius 1 is 1.35 bits per heavy atom. The van der Waals surface area contributed by atoms with Crippen molar-refractivity contribution in [1.29, 1.82) is 0 Å². The van der Waals surface area contributed by atoms with Gasteiger partial charge in [0.15, 0.2) is 11.6 Å². The van der Waals surface area contributed by atoms with Crippen LogP contribution in [-0.4, -0.2) is 28.1 Å². The predicted octanol–water partition coefficient (Wildman–Crippen LogP) is 2.00. The Balaban J connectivity index is 1.75. The largest absolute Gasteiger partial charge is 0.489 e. The van der Waals surface area contributed by atoms with Crippen LogP contribution in [0.15, 0.2) is 30.5 Å². The molecule has 1 N–H and O–H groups in total. The van der Waals surface area contributed by atoms with Crippen molar-refractivity contribution in [3.05, 3.63) is 42.0 Å². The Morgan fingerprint density at radius 3 is 3.00 bits per heavy atom. The summed E-state index contributed by atoms with van der Waals surface area (Å²) in [5, 5.41) is 11.3. The smallest absolute Gasteiger partial charge is 0.165 e. The van der Waals surface area contributed by atoms with Crippen LogP contribution >= 0.6 is 0 Å². The average molecular weight is 278 g/mol. The van der Waals surface area contributed by atoms with Crippen molar-refractivity contribution in [2.45, 2.75) is 26.4 Å². The zero-order valence-corrected chi connectivity index (χ0v) is 11.6. The summed E-state index contributed by atoms with van der Waals surface area (Å²) in [6, 6.07) is 6.36. The van der Waals surface area contributed by atoms with Gasteiger partial charge in [-0.3, -0.25) is 0 Å². The van der Waals surface area contributed by atoms with E-state index in [0.29, 0.717) is 19.7 Å². The SMILES string of the molecule is CCCNCc1cn(CCOc2ccccc2F)nn1. The van der Waals surface area contributed by atoms with E-state index < -0.39 is 0 Å². The van der Waals surface area contributed by atoms with Crippen molar-refractivity contribution < 1.29 is 9.13 Å². The molecule has 2 rings (SSSR count). The molecule has 0 aliphatic carbocycles. The highest BCUT2D eigenvalue weighted by Gasteiger charge is 2.03. The summed E-state index contributed by atoms with van der Waals surface area (Å²) in [6.45, 7) is 4.68. The number of para-hydroxylation sites is 1. The van der Waals surface area contributed by atoms with Gasteiger partial charge in [-0.1, -0.05) is 24.3 Å². The van der Waals surface area contributed by atoms with Crippen LogP contribution in [0, 0.1) is 5.82 Å². The molecule has 0 bridgehead atoms. The Morgan fingerprint density at radius 2 is 2.20 bits per heavy atom. The van der Waals surface area contributed by atoms with Gasteiger partial charge in [-0.05, 0) is 25.1 Å². The van der Waals surface area contributed by atoms with Crippen LogP contribution in [0.5, 0.6) is 5.75 Å². The summed E-state index contributed by atoms with van der Waals surface area (Å²) in [5.74, 6) is -0.0898. The molecule has 1 heterocycles. The van der Waals surface area contributed by atoms with Gasteiger partial charge in [0.05, 0.1) is 12.2 Å². The first-order valence-corrected chi connectivity index (χ1v) is 6.76. The van der Waals surface area contributed by atoms with Crippen molar-refractivity contribution in [2.24, 2.45) is 0 Å². The van der Waals surface area contributed by atoms with Crippen LogP contribution in [0.25, 0.3) is 0 Å². The predicted molar refractivity (Wildman–Crippen MR) is 73.9 cm³/mol. The van der Waals surface area contributed by atoms with Crippen molar-refractivity contribution in [2.75, 3.05) is 13.2 Å². The molecule has 0 aliphatic rings. The molecule has 0 aliphatic heterocycles. The molecule has 6 heteroatoms. The molecule has 1 aromatic carbocycles. The van der Waals surface area contributed by atoms with E-state index in [0.717, 1.165) is 18.7 Å². The Bertz CT molecular complexity index is 529. The number of aromatic nitrogens is 3. The third-order valence-corrected chi connectivity index (χ3v) is 2.73. The van der Waals surface area contributed by atoms with Gasteiger partial charge in [-0.2, -0.15) is 0 Å². The van der Waals surface area contributed by atoms with Gasteiger partial charge >= 0.3 is 0 Å². The van der Waals surface area contributed by atoms with Crippen molar-refractivity contribution in [3.8, 4) is 5.75 Å². The van der Waals surface area contributed by atoms with E-state index >= 15 is 0 Å². The quantitative estimate of drug-likeness (QED) is 0.750. The van der Waals surface area contributed by atoms with E-state index in [1.165, 1.54) is 6.07 Å². The molecule has 0 unspecified atom stereocenters. The van der Waals surface area contributed by atoms with Crippen molar-refractivity contribution >= 4 is 0 Å². The minimum absolute atomic E-state index is 0.262. The van der Waals surface area contributed by atoms with E-state index in [4.69, 9.17) is 4.74 Å². The van der Waals surface area contributed by atoms with E-state index in [-0.39, 0.29) is 11.6 Å². The molecule has 20 heavy (non-hydrogen) atoms. The van der Waals surface area contributed by atoms with Gasteiger partial charge in [0, 0.05) is 12.7 Å². The molecular weight excluding hydrogens is 259 g/mol. The third-order valence-electron chi connectivity index (χ3n) is 2.73. The minimum Gasteiger partial charge on any atom is -0.489 e. The maximum Gasteiger partial charge on any atom is 0.165 e. The summed E-state index contributed by atoms with van der Waals surface area (Å²) >= 11 is 0. The van der Waals surface area contributed by atoms with E-state index in [1.807, 2.05) is 6.20 Å². The lowest BCUT2D eigenvalue weighted by molar-refractivity contribution is 0.277. The number of benzene rings is 1. The summed E-state index contributed by atoms with van der Waals surface area (Å²) in [6.07, 6.45) is 2.96. The second-order valence-electron chi connectivity index (χ2n) is 4.43. The first-order chi connectivity index (χ1) is 9.79. The van der Waals surface area contributed by atoms with Gasteiger partial charge in [-0.25, -0.2) is 9.07 Å². The van der Waals surface area contributed by atoms with Gasteiger partial charge < -0.3 is 10.1 Å². The molecule has 0 spiro atoms. The Hall–Kier alpha value is -1.95. The van der Waals surface area contributed by atoms with Crippen LogP contribution in [0.3, 0.4) is 0 Å². The van der Waals surface area contributed by atoms with E-state index in [2.05, 4.69) is 22.6 Å². The van der Waals surface area contributed by atoms with Gasteiger partial charge in [-0.15, -0.1) is 5.10 Å². The number of hydrogen-bond donors (Lipinski definition) is 1. The van der Waals surface area contributed by atoms with Gasteiger partial charge in [0.1, 0.15) is 6.61 Å².